The van der Waals surface area contributed by atoms with E-state index in [-0.39, 0.29) is 6.10 Å². The zero-order valence-electron chi connectivity index (χ0n) is 12.6. The second-order valence-electron chi connectivity index (χ2n) is 5.08. The molecule has 0 aliphatic rings. The van der Waals surface area contributed by atoms with Gasteiger partial charge in [-0.25, -0.2) is 0 Å². The van der Waals surface area contributed by atoms with Crippen LogP contribution in [0, 0.1) is 22.7 Å². The number of para-hydroxylation sites is 2. The lowest BCUT2D eigenvalue weighted by Crippen LogP contribution is -2.10. The molecule has 2 rings (SSSR count). The van der Waals surface area contributed by atoms with Crippen molar-refractivity contribution in [3.05, 3.63) is 59.2 Å². The predicted octanol–water partition coefficient (Wildman–Crippen LogP) is 3.83. The molecule has 2 aromatic carbocycles. The minimum Gasteiger partial charge on any atom is -0.491 e. The Hall–Kier alpha value is -2.98. The fraction of sp³-hybridized carbons (Fsp3) is 0.222. The topological polar surface area (TPSA) is 68.8 Å². The molecule has 0 unspecified atom stereocenters. The van der Waals surface area contributed by atoms with Crippen molar-refractivity contribution < 1.29 is 4.74 Å². The molecule has 4 heteroatoms. The first-order valence-corrected chi connectivity index (χ1v) is 7.07. The molecule has 4 nitrogen and oxygen atoms in total. The maximum Gasteiger partial charge on any atom is 0.124 e. The van der Waals surface area contributed by atoms with E-state index in [2.05, 4.69) is 17.5 Å². The maximum absolute atomic E-state index is 9.19. The first-order chi connectivity index (χ1) is 10.7. The number of hydrogen-bond donors (Lipinski definition) is 1. The number of nitrogens with one attached hydrogen (secondary N) is 1. The lowest BCUT2D eigenvalue weighted by molar-refractivity contribution is 0.240. The Bertz CT molecular complexity index is 706. The van der Waals surface area contributed by atoms with Gasteiger partial charge in [-0.15, -0.1) is 0 Å². The van der Waals surface area contributed by atoms with Gasteiger partial charge < -0.3 is 10.1 Å². The van der Waals surface area contributed by atoms with Gasteiger partial charge in [0.15, 0.2) is 0 Å². The molecule has 2 aromatic rings. The van der Waals surface area contributed by atoms with Crippen molar-refractivity contribution in [1.29, 1.82) is 10.5 Å². The van der Waals surface area contributed by atoms with Crippen LogP contribution in [-0.4, -0.2) is 6.10 Å². The number of anilines is 1. The van der Waals surface area contributed by atoms with Gasteiger partial charge in [0.05, 0.1) is 22.9 Å². The van der Waals surface area contributed by atoms with Crippen molar-refractivity contribution in [3.8, 4) is 17.9 Å². The van der Waals surface area contributed by atoms with Gasteiger partial charge in [0, 0.05) is 12.1 Å². The van der Waals surface area contributed by atoms with Crippen LogP contribution in [0.5, 0.6) is 5.75 Å². The number of rotatable bonds is 5. The van der Waals surface area contributed by atoms with E-state index in [1.165, 1.54) is 0 Å². The summed E-state index contributed by atoms with van der Waals surface area (Å²) in [6, 6.07) is 17.0. The van der Waals surface area contributed by atoms with Gasteiger partial charge in [0.2, 0.25) is 0 Å². The van der Waals surface area contributed by atoms with Crippen molar-refractivity contribution in [2.75, 3.05) is 5.32 Å². The number of ether oxygens (including phenoxy) is 1. The van der Waals surface area contributed by atoms with E-state index >= 15 is 0 Å². The van der Waals surface area contributed by atoms with E-state index in [9.17, 15) is 10.5 Å². The fourth-order valence-electron chi connectivity index (χ4n) is 2.13. The second kappa shape index (κ2) is 7.15. The molecule has 0 heterocycles. The Labute approximate surface area is 130 Å². The average Bonchev–Trinajstić information content (AvgIpc) is 2.53. The number of nitriles is 2. The maximum atomic E-state index is 9.19. The summed E-state index contributed by atoms with van der Waals surface area (Å²) in [5.41, 5.74) is 2.46. The summed E-state index contributed by atoms with van der Waals surface area (Å²) >= 11 is 0. The van der Waals surface area contributed by atoms with Crippen molar-refractivity contribution in [2.45, 2.75) is 26.5 Å². The van der Waals surface area contributed by atoms with Gasteiger partial charge in [0.1, 0.15) is 17.9 Å². The zero-order chi connectivity index (χ0) is 15.9. The van der Waals surface area contributed by atoms with E-state index in [1.54, 1.807) is 18.2 Å². The Kier molecular flexibility index (Phi) is 5.01. The number of benzene rings is 2. The van der Waals surface area contributed by atoms with Crippen LogP contribution in [0.3, 0.4) is 0 Å². The van der Waals surface area contributed by atoms with E-state index in [1.807, 2.05) is 38.1 Å². The average molecular weight is 291 g/mol. The minimum absolute atomic E-state index is 0.0854. The number of hydrogen-bond acceptors (Lipinski definition) is 4. The minimum atomic E-state index is 0.0854. The second-order valence-corrected chi connectivity index (χ2v) is 5.08. The SMILES string of the molecule is CC(C)Oc1ccccc1CNc1c(C#N)cccc1C#N. The molecule has 0 atom stereocenters. The molecule has 22 heavy (non-hydrogen) atoms. The summed E-state index contributed by atoms with van der Waals surface area (Å²) in [6.45, 7) is 4.43. The van der Waals surface area contributed by atoms with Crippen LogP contribution in [0.15, 0.2) is 42.5 Å². The molecule has 0 aliphatic heterocycles. The Morgan fingerprint density at radius 1 is 1.00 bits per heavy atom. The quantitative estimate of drug-likeness (QED) is 0.909. The molecular formula is C18H17N3O. The first kappa shape index (κ1) is 15.4. The standard InChI is InChI=1S/C18H17N3O/c1-13(2)22-17-9-4-3-6-16(17)12-21-18-14(10-19)7-5-8-15(18)11-20/h3-9,13,21H,12H2,1-2H3. The third-order valence-corrected chi connectivity index (χ3v) is 3.10. The highest BCUT2D eigenvalue weighted by molar-refractivity contribution is 5.66. The summed E-state index contributed by atoms with van der Waals surface area (Å²) < 4.78 is 5.78. The van der Waals surface area contributed by atoms with Crippen LogP contribution in [-0.2, 0) is 6.54 Å². The molecule has 0 spiro atoms. The van der Waals surface area contributed by atoms with Crippen LogP contribution in [0.25, 0.3) is 0 Å². The molecule has 0 amide bonds. The fourth-order valence-corrected chi connectivity index (χ4v) is 2.13. The summed E-state index contributed by atoms with van der Waals surface area (Å²) in [7, 11) is 0. The van der Waals surface area contributed by atoms with E-state index in [4.69, 9.17) is 4.74 Å². The molecule has 0 aliphatic carbocycles. The van der Waals surface area contributed by atoms with Gasteiger partial charge in [0.25, 0.3) is 0 Å². The molecular weight excluding hydrogens is 274 g/mol. The van der Waals surface area contributed by atoms with E-state index < -0.39 is 0 Å². The van der Waals surface area contributed by atoms with Crippen LogP contribution in [0.4, 0.5) is 5.69 Å². The largest absolute Gasteiger partial charge is 0.491 e. The molecule has 0 aromatic heterocycles. The van der Waals surface area contributed by atoms with Gasteiger partial charge in [-0.2, -0.15) is 10.5 Å². The summed E-state index contributed by atoms with van der Waals surface area (Å²) in [6.07, 6.45) is 0.0854. The molecule has 110 valence electrons. The normalized spacial score (nSPS) is 9.86. The predicted molar refractivity (Wildman–Crippen MR) is 85.4 cm³/mol. The third kappa shape index (κ3) is 3.56. The first-order valence-electron chi connectivity index (χ1n) is 7.07. The Morgan fingerprint density at radius 2 is 1.64 bits per heavy atom. The third-order valence-electron chi connectivity index (χ3n) is 3.10. The van der Waals surface area contributed by atoms with Gasteiger partial charge >= 0.3 is 0 Å². The Morgan fingerprint density at radius 3 is 2.23 bits per heavy atom. The smallest absolute Gasteiger partial charge is 0.124 e. The highest BCUT2D eigenvalue weighted by Gasteiger charge is 2.10. The Balaban J connectivity index is 2.25. The lowest BCUT2D eigenvalue weighted by atomic mass is 10.1. The van der Waals surface area contributed by atoms with Crippen molar-refractivity contribution >= 4 is 5.69 Å². The van der Waals surface area contributed by atoms with Crippen molar-refractivity contribution in [2.24, 2.45) is 0 Å². The molecule has 0 radical (unpaired) electrons. The summed E-state index contributed by atoms with van der Waals surface area (Å²) in [5, 5.41) is 21.6. The molecule has 0 bridgehead atoms. The highest BCUT2D eigenvalue weighted by Crippen LogP contribution is 2.24. The monoisotopic (exact) mass is 291 g/mol. The van der Waals surface area contributed by atoms with Gasteiger partial charge in [-0.1, -0.05) is 24.3 Å². The zero-order valence-corrected chi connectivity index (χ0v) is 12.6. The summed E-state index contributed by atoms with van der Waals surface area (Å²) in [4.78, 5) is 0. The van der Waals surface area contributed by atoms with Gasteiger partial charge in [-0.3, -0.25) is 0 Å². The van der Waals surface area contributed by atoms with Crippen molar-refractivity contribution in [3.63, 3.8) is 0 Å². The van der Waals surface area contributed by atoms with Crippen molar-refractivity contribution in [1.82, 2.24) is 0 Å². The molecule has 0 fully saturated rings. The molecule has 0 saturated heterocycles. The van der Waals surface area contributed by atoms with Crippen LogP contribution in [0.2, 0.25) is 0 Å². The number of nitrogens with zero attached hydrogens (tertiary/aromatic N) is 2. The highest BCUT2D eigenvalue weighted by atomic mass is 16.5. The van der Waals surface area contributed by atoms with Crippen LogP contribution in [0.1, 0.15) is 30.5 Å². The molecule has 0 saturated carbocycles. The van der Waals surface area contributed by atoms with Crippen LogP contribution >= 0.6 is 0 Å². The lowest BCUT2D eigenvalue weighted by Gasteiger charge is -2.16. The van der Waals surface area contributed by atoms with Gasteiger partial charge in [-0.05, 0) is 32.0 Å². The van der Waals surface area contributed by atoms with Crippen LogP contribution < -0.4 is 10.1 Å². The molecule has 1 N–H and O–H groups in total. The summed E-state index contributed by atoms with van der Waals surface area (Å²) in [5.74, 6) is 0.804. The van der Waals surface area contributed by atoms with E-state index in [0.717, 1.165) is 11.3 Å². The van der Waals surface area contributed by atoms with E-state index in [0.29, 0.717) is 23.4 Å².